The predicted molar refractivity (Wildman–Crippen MR) is 117 cm³/mol. The maximum atomic E-state index is 12.7. The summed E-state index contributed by atoms with van der Waals surface area (Å²) in [7, 11) is 0. The molecular formula is C27H22O. The zero-order valence-electron chi connectivity index (χ0n) is 15.9. The van der Waals surface area contributed by atoms with Crippen LogP contribution in [0.2, 0.25) is 0 Å². The molecule has 0 spiro atoms. The van der Waals surface area contributed by atoms with Gasteiger partial charge < -0.3 is 0 Å². The van der Waals surface area contributed by atoms with Crippen molar-refractivity contribution in [3.63, 3.8) is 0 Å². The van der Waals surface area contributed by atoms with E-state index in [9.17, 15) is 4.79 Å². The van der Waals surface area contributed by atoms with Gasteiger partial charge in [-0.15, -0.1) is 0 Å². The highest BCUT2D eigenvalue weighted by atomic mass is 16.1. The number of allylic oxidation sites excluding steroid dienone is 6. The van der Waals surface area contributed by atoms with Gasteiger partial charge in [0.15, 0.2) is 5.78 Å². The number of ketones is 1. The zero-order valence-corrected chi connectivity index (χ0v) is 15.9. The summed E-state index contributed by atoms with van der Waals surface area (Å²) in [6, 6.07) is 28.4. The number of hydrogen-bond donors (Lipinski definition) is 0. The topological polar surface area (TPSA) is 17.1 Å². The molecule has 0 aliphatic heterocycles. The van der Waals surface area contributed by atoms with Crippen LogP contribution in [0.5, 0.6) is 0 Å². The van der Waals surface area contributed by atoms with Crippen LogP contribution in [-0.2, 0) is 0 Å². The van der Waals surface area contributed by atoms with Gasteiger partial charge in [0.05, 0.1) is 0 Å². The molecule has 0 bridgehead atoms. The molecular weight excluding hydrogens is 340 g/mol. The maximum Gasteiger partial charge on any atom is 0.186 e. The van der Waals surface area contributed by atoms with Crippen molar-refractivity contribution in [3.8, 4) is 11.1 Å². The summed E-state index contributed by atoms with van der Waals surface area (Å²) in [4.78, 5) is 12.7. The standard InChI is InChI=1S/C27H22O/c1-20-18-26(22-10-6-3-7-11-22)17-16-25(20)19-27(28)24-14-12-23(13-15-24)21-8-4-2-5-9-21/h2-15,17-19H,16H2,1H3. The summed E-state index contributed by atoms with van der Waals surface area (Å²) in [5, 5.41) is 0. The van der Waals surface area contributed by atoms with Crippen LogP contribution in [0.1, 0.15) is 29.3 Å². The number of carbonyl (C=O) groups excluding carboxylic acids is 1. The van der Waals surface area contributed by atoms with Gasteiger partial charge in [0, 0.05) is 5.56 Å². The van der Waals surface area contributed by atoms with Crippen molar-refractivity contribution in [2.24, 2.45) is 0 Å². The van der Waals surface area contributed by atoms with Crippen LogP contribution in [0.25, 0.3) is 16.7 Å². The fraction of sp³-hybridized carbons (Fsp3) is 0.0741. The van der Waals surface area contributed by atoms with Crippen molar-refractivity contribution in [1.82, 2.24) is 0 Å². The lowest BCUT2D eigenvalue weighted by atomic mass is 9.90. The largest absolute Gasteiger partial charge is 0.289 e. The first-order chi connectivity index (χ1) is 13.7. The lowest BCUT2D eigenvalue weighted by Gasteiger charge is -2.14. The van der Waals surface area contributed by atoms with Crippen LogP contribution < -0.4 is 0 Å². The molecule has 1 nitrogen and oxygen atoms in total. The lowest BCUT2D eigenvalue weighted by molar-refractivity contribution is 0.104. The summed E-state index contributed by atoms with van der Waals surface area (Å²) in [6.07, 6.45) is 6.92. The highest BCUT2D eigenvalue weighted by Gasteiger charge is 2.11. The summed E-state index contributed by atoms with van der Waals surface area (Å²) in [5.41, 5.74) is 7.65. The fourth-order valence-electron chi connectivity index (χ4n) is 3.47. The van der Waals surface area contributed by atoms with Crippen LogP contribution in [0.4, 0.5) is 0 Å². The Morgan fingerprint density at radius 2 is 1.32 bits per heavy atom. The van der Waals surface area contributed by atoms with Gasteiger partial charge in [-0.05, 0) is 52.8 Å². The molecule has 0 amide bonds. The Morgan fingerprint density at radius 3 is 1.93 bits per heavy atom. The second kappa shape index (κ2) is 8.06. The van der Waals surface area contributed by atoms with Crippen LogP contribution >= 0.6 is 0 Å². The molecule has 0 saturated heterocycles. The molecule has 0 fully saturated rings. The molecule has 1 aliphatic rings. The van der Waals surface area contributed by atoms with E-state index < -0.39 is 0 Å². The Labute approximate surface area is 166 Å². The van der Waals surface area contributed by atoms with Crippen molar-refractivity contribution in [1.29, 1.82) is 0 Å². The van der Waals surface area contributed by atoms with Gasteiger partial charge in [0.25, 0.3) is 0 Å². The first kappa shape index (κ1) is 17.9. The molecule has 0 heterocycles. The van der Waals surface area contributed by atoms with Gasteiger partial charge in [-0.1, -0.05) is 97.1 Å². The minimum atomic E-state index is 0.0546. The smallest absolute Gasteiger partial charge is 0.186 e. The van der Waals surface area contributed by atoms with E-state index in [1.54, 1.807) is 6.08 Å². The van der Waals surface area contributed by atoms with E-state index in [0.29, 0.717) is 0 Å². The van der Waals surface area contributed by atoms with Crippen molar-refractivity contribution < 1.29 is 4.79 Å². The van der Waals surface area contributed by atoms with Crippen molar-refractivity contribution in [2.75, 3.05) is 0 Å². The molecule has 0 atom stereocenters. The average Bonchev–Trinajstić information content (AvgIpc) is 2.76. The third-order valence-corrected chi connectivity index (χ3v) is 5.11. The van der Waals surface area contributed by atoms with E-state index in [2.05, 4.69) is 43.3 Å². The second-order valence-electron chi connectivity index (χ2n) is 7.03. The number of benzene rings is 3. The third kappa shape index (κ3) is 3.94. The van der Waals surface area contributed by atoms with Gasteiger partial charge in [0.2, 0.25) is 0 Å². The Bertz CT molecular complexity index is 1070. The molecule has 0 radical (unpaired) electrons. The zero-order chi connectivity index (χ0) is 19.3. The summed E-state index contributed by atoms with van der Waals surface area (Å²) in [5.74, 6) is 0.0546. The van der Waals surface area contributed by atoms with Gasteiger partial charge in [-0.25, -0.2) is 0 Å². The first-order valence-corrected chi connectivity index (χ1v) is 9.55. The minimum absolute atomic E-state index is 0.0546. The molecule has 0 N–H and O–H groups in total. The van der Waals surface area contributed by atoms with E-state index in [1.165, 1.54) is 11.1 Å². The van der Waals surface area contributed by atoms with Crippen LogP contribution in [-0.4, -0.2) is 5.78 Å². The number of carbonyl (C=O) groups is 1. The van der Waals surface area contributed by atoms with Crippen molar-refractivity contribution >= 4 is 11.4 Å². The van der Waals surface area contributed by atoms with Crippen LogP contribution in [0, 0.1) is 0 Å². The highest BCUT2D eigenvalue weighted by Crippen LogP contribution is 2.29. The summed E-state index contributed by atoms with van der Waals surface area (Å²) in [6.45, 7) is 2.08. The highest BCUT2D eigenvalue weighted by molar-refractivity contribution is 6.05. The van der Waals surface area contributed by atoms with E-state index in [0.717, 1.165) is 34.3 Å². The monoisotopic (exact) mass is 362 g/mol. The van der Waals surface area contributed by atoms with Crippen LogP contribution in [0.15, 0.2) is 114 Å². The second-order valence-corrected chi connectivity index (χ2v) is 7.03. The van der Waals surface area contributed by atoms with E-state index >= 15 is 0 Å². The normalized spacial score (nSPS) is 15.1. The predicted octanol–water partition coefficient (Wildman–Crippen LogP) is 6.90. The molecule has 3 aromatic rings. The maximum absolute atomic E-state index is 12.7. The lowest BCUT2D eigenvalue weighted by Crippen LogP contribution is -2.00. The van der Waals surface area contributed by atoms with Crippen LogP contribution in [0.3, 0.4) is 0 Å². The van der Waals surface area contributed by atoms with Crippen molar-refractivity contribution in [2.45, 2.75) is 13.3 Å². The van der Waals surface area contributed by atoms with Gasteiger partial charge >= 0.3 is 0 Å². The molecule has 28 heavy (non-hydrogen) atoms. The van der Waals surface area contributed by atoms with Gasteiger partial charge in [0.1, 0.15) is 0 Å². The van der Waals surface area contributed by atoms with Gasteiger partial charge in [-0.3, -0.25) is 4.79 Å². The third-order valence-electron chi connectivity index (χ3n) is 5.11. The molecule has 136 valence electrons. The molecule has 1 aliphatic carbocycles. The Morgan fingerprint density at radius 1 is 0.750 bits per heavy atom. The number of rotatable bonds is 4. The minimum Gasteiger partial charge on any atom is -0.289 e. The fourth-order valence-corrected chi connectivity index (χ4v) is 3.47. The number of hydrogen-bond acceptors (Lipinski definition) is 1. The Kier molecular flexibility index (Phi) is 5.16. The molecule has 0 saturated carbocycles. The molecule has 0 aromatic heterocycles. The Balaban J connectivity index is 1.51. The van der Waals surface area contributed by atoms with E-state index in [1.807, 2.05) is 60.7 Å². The molecule has 3 aromatic carbocycles. The summed E-state index contributed by atoms with van der Waals surface area (Å²) >= 11 is 0. The van der Waals surface area contributed by atoms with E-state index in [4.69, 9.17) is 0 Å². The molecule has 4 rings (SSSR count). The quantitative estimate of drug-likeness (QED) is 0.364. The summed E-state index contributed by atoms with van der Waals surface area (Å²) < 4.78 is 0. The Hall–Kier alpha value is -3.45. The molecule has 1 heteroatoms. The SMILES string of the molecule is CC1=CC(c2ccccc2)=CCC1=CC(=O)c1ccc(-c2ccccc2)cc1. The van der Waals surface area contributed by atoms with Crippen molar-refractivity contribution in [3.05, 3.63) is 125 Å². The average molecular weight is 362 g/mol. The van der Waals surface area contributed by atoms with Gasteiger partial charge in [-0.2, -0.15) is 0 Å². The molecule has 0 unspecified atom stereocenters. The van der Waals surface area contributed by atoms with E-state index in [-0.39, 0.29) is 5.78 Å². The first-order valence-electron chi connectivity index (χ1n) is 9.55.